The SMILES string of the molecule is Cc1c(C=O)c(C2=CC=CC(N3CCN(c4ccc(NSC5C=C([N+](=O)[O-])C(NSc6ccccc6)CC5)cc4)CC3)=CC2)c(-c2ccc(Cl)cc2)n1C. The highest BCUT2D eigenvalue weighted by atomic mass is 35.5. The van der Waals surface area contributed by atoms with Crippen LogP contribution in [-0.4, -0.2) is 58.1 Å². The van der Waals surface area contributed by atoms with Gasteiger partial charge in [-0.05, 0) is 116 Å². The Kier molecular flexibility index (Phi) is 12.0. The van der Waals surface area contributed by atoms with E-state index in [1.54, 1.807) is 6.08 Å². The summed E-state index contributed by atoms with van der Waals surface area (Å²) < 4.78 is 8.82. The molecule has 9 nitrogen and oxygen atoms in total. The van der Waals surface area contributed by atoms with Gasteiger partial charge in [0.25, 0.3) is 5.70 Å². The van der Waals surface area contributed by atoms with E-state index in [-0.39, 0.29) is 21.9 Å². The predicted molar refractivity (Wildman–Crippen MR) is 225 cm³/mol. The summed E-state index contributed by atoms with van der Waals surface area (Å²) >= 11 is 9.16. The van der Waals surface area contributed by atoms with E-state index < -0.39 is 0 Å². The molecule has 0 bridgehead atoms. The van der Waals surface area contributed by atoms with Gasteiger partial charge in [0.15, 0.2) is 6.29 Å². The van der Waals surface area contributed by atoms with Gasteiger partial charge < -0.3 is 19.1 Å². The molecule has 3 aliphatic rings. The zero-order valence-electron chi connectivity index (χ0n) is 30.3. The molecule has 2 heterocycles. The fourth-order valence-electron chi connectivity index (χ4n) is 7.28. The fourth-order valence-corrected chi connectivity index (χ4v) is 9.10. The number of hydrogen-bond donors (Lipinski definition) is 2. The Labute approximate surface area is 330 Å². The Morgan fingerprint density at radius 3 is 2.37 bits per heavy atom. The number of halogens is 1. The van der Waals surface area contributed by atoms with Gasteiger partial charge in [0, 0.05) is 88.4 Å². The second-order valence-electron chi connectivity index (χ2n) is 13.6. The molecule has 2 atom stereocenters. The molecule has 0 radical (unpaired) electrons. The summed E-state index contributed by atoms with van der Waals surface area (Å²) in [6.45, 7) is 5.58. The van der Waals surface area contributed by atoms with Gasteiger partial charge >= 0.3 is 0 Å². The third-order valence-electron chi connectivity index (χ3n) is 10.3. The molecule has 2 aliphatic carbocycles. The van der Waals surface area contributed by atoms with Crippen molar-refractivity contribution in [1.82, 2.24) is 14.2 Å². The highest BCUT2D eigenvalue weighted by Gasteiger charge is 2.32. The molecule has 1 fully saturated rings. The van der Waals surface area contributed by atoms with Crippen LogP contribution in [0, 0.1) is 17.0 Å². The fraction of sp³-hybridized carbons (Fsp3) is 0.262. The molecule has 278 valence electrons. The van der Waals surface area contributed by atoms with Crippen LogP contribution in [-0.2, 0) is 7.05 Å². The van der Waals surface area contributed by atoms with E-state index in [2.05, 4.69) is 72.4 Å². The molecule has 7 rings (SSSR count). The number of hydrogen-bond acceptors (Lipinski definition) is 9. The Hall–Kier alpha value is -4.68. The van der Waals surface area contributed by atoms with Crippen LogP contribution in [0.4, 0.5) is 11.4 Å². The smallest absolute Gasteiger partial charge is 0.261 e. The first kappa shape index (κ1) is 37.6. The first-order valence-corrected chi connectivity index (χ1v) is 20.2. The number of piperazine rings is 1. The minimum atomic E-state index is -0.296. The third-order valence-corrected chi connectivity index (χ3v) is 12.5. The van der Waals surface area contributed by atoms with Crippen molar-refractivity contribution in [2.24, 2.45) is 7.05 Å². The van der Waals surface area contributed by atoms with E-state index in [9.17, 15) is 14.9 Å². The van der Waals surface area contributed by atoms with Crippen LogP contribution in [0.2, 0.25) is 5.02 Å². The average molecular weight is 779 g/mol. The van der Waals surface area contributed by atoms with E-state index in [1.165, 1.54) is 35.3 Å². The first-order chi connectivity index (χ1) is 26.3. The number of rotatable bonds is 12. The molecule has 4 aromatic rings. The maximum atomic E-state index is 12.4. The number of allylic oxidation sites excluding steroid dienone is 5. The minimum Gasteiger partial charge on any atom is -0.368 e. The number of carbonyl (C=O) groups is 1. The molecule has 0 amide bonds. The minimum absolute atomic E-state index is 0.00552. The molecule has 54 heavy (non-hydrogen) atoms. The zero-order chi connectivity index (χ0) is 37.6. The predicted octanol–water partition coefficient (Wildman–Crippen LogP) is 9.56. The van der Waals surface area contributed by atoms with Gasteiger partial charge in [0.05, 0.1) is 10.6 Å². The van der Waals surface area contributed by atoms with Crippen LogP contribution in [0.5, 0.6) is 0 Å². The Bertz CT molecular complexity index is 2100. The average Bonchev–Trinajstić information content (AvgIpc) is 3.32. The van der Waals surface area contributed by atoms with Crippen molar-refractivity contribution in [1.29, 1.82) is 0 Å². The largest absolute Gasteiger partial charge is 0.368 e. The van der Waals surface area contributed by atoms with Crippen molar-refractivity contribution in [2.75, 3.05) is 35.8 Å². The number of aldehydes is 1. The summed E-state index contributed by atoms with van der Waals surface area (Å²) in [6, 6.07) is 25.8. The molecule has 2 N–H and O–H groups in total. The molecular formula is C42H43ClN6O3S2. The summed E-state index contributed by atoms with van der Waals surface area (Å²) in [7, 11) is 2.01. The van der Waals surface area contributed by atoms with Crippen molar-refractivity contribution in [3.63, 3.8) is 0 Å². The monoisotopic (exact) mass is 778 g/mol. The lowest BCUT2D eigenvalue weighted by molar-refractivity contribution is -0.431. The molecular weight excluding hydrogens is 736 g/mol. The summed E-state index contributed by atoms with van der Waals surface area (Å²) in [6.07, 6.45) is 13.7. The van der Waals surface area contributed by atoms with Gasteiger partial charge in [-0.3, -0.25) is 14.9 Å². The number of nitrogens with one attached hydrogen (secondary N) is 2. The maximum absolute atomic E-state index is 12.4. The van der Waals surface area contributed by atoms with E-state index in [4.69, 9.17) is 11.6 Å². The van der Waals surface area contributed by atoms with Crippen LogP contribution in [0.1, 0.15) is 40.9 Å². The summed E-state index contributed by atoms with van der Waals surface area (Å²) in [4.78, 5) is 29.9. The molecule has 1 aromatic heterocycles. The van der Waals surface area contributed by atoms with Crippen molar-refractivity contribution in [3.8, 4) is 11.3 Å². The molecule has 12 heteroatoms. The lowest BCUT2D eigenvalue weighted by Gasteiger charge is -2.38. The van der Waals surface area contributed by atoms with Gasteiger partial charge in [0.1, 0.15) is 6.04 Å². The highest BCUT2D eigenvalue weighted by Crippen LogP contribution is 2.38. The number of anilines is 2. The van der Waals surface area contributed by atoms with Gasteiger partial charge in [-0.15, -0.1) is 0 Å². The molecule has 3 aromatic carbocycles. The summed E-state index contributed by atoms with van der Waals surface area (Å²) in [5.74, 6) is 0. The molecule has 0 saturated carbocycles. The number of nitrogens with zero attached hydrogens (tertiary/aromatic N) is 4. The number of aromatic nitrogens is 1. The standard InChI is InChI=1S/C42H43ClN6O3S2/c1-29-38(28-50)41(42(46(29)2)31-11-14-32(43)15-12-31)30-7-6-8-34(18-13-30)47-23-25-48(26-24-47)35-19-16-33(17-20-35)44-54-37-21-22-39(40(27-37)49(51)52)45-53-36-9-4-3-5-10-36/h3-12,14-20,27-28,37,39,44-45H,13,21-26H2,1-2H3. The van der Waals surface area contributed by atoms with E-state index in [0.29, 0.717) is 17.9 Å². The van der Waals surface area contributed by atoms with Crippen molar-refractivity contribution >= 4 is 58.7 Å². The second-order valence-corrected chi connectivity index (χ2v) is 16.0. The number of carbonyl (C=O) groups excluding carboxylic acids is 1. The normalized spacial score (nSPS) is 18.8. The van der Waals surface area contributed by atoms with Gasteiger partial charge in [-0.1, -0.05) is 60.2 Å². The first-order valence-electron chi connectivity index (χ1n) is 18.1. The quantitative estimate of drug-likeness (QED) is 0.0631. The van der Waals surface area contributed by atoms with Crippen LogP contribution in [0.3, 0.4) is 0 Å². The van der Waals surface area contributed by atoms with Gasteiger partial charge in [0.2, 0.25) is 0 Å². The molecule has 1 saturated heterocycles. The Balaban J connectivity index is 0.929. The summed E-state index contributed by atoms with van der Waals surface area (Å²) in [5, 5.41) is 12.6. The molecule has 2 unspecified atom stereocenters. The third kappa shape index (κ3) is 8.50. The van der Waals surface area contributed by atoms with Crippen LogP contribution >= 0.6 is 35.5 Å². The lowest BCUT2D eigenvalue weighted by atomic mass is 9.95. The van der Waals surface area contributed by atoms with Gasteiger partial charge in [-0.2, -0.15) is 0 Å². The Morgan fingerprint density at radius 1 is 0.944 bits per heavy atom. The van der Waals surface area contributed by atoms with E-state index in [0.717, 1.165) is 83.1 Å². The van der Waals surface area contributed by atoms with Crippen molar-refractivity contribution in [2.45, 2.75) is 42.4 Å². The van der Waals surface area contributed by atoms with Crippen molar-refractivity contribution in [3.05, 3.63) is 153 Å². The van der Waals surface area contributed by atoms with Crippen molar-refractivity contribution < 1.29 is 9.72 Å². The van der Waals surface area contributed by atoms with E-state index in [1.807, 2.05) is 68.6 Å². The van der Waals surface area contributed by atoms with Crippen LogP contribution in [0.25, 0.3) is 16.8 Å². The van der Waals surface area contributed by atoms with Gasteiger partial charge in [-0.25, -0.2) is 4.72 Å². The molecule has 0 spiro atoms. The van der Waals surface area contributed by atoms with Crippen LogP contribution < -0.4 is 14.3 Å². The topological polar surface area (TPSA) is 95.7 Å². The number of nitro groups is 1. The number of benzene rings is 3. The maximum Gasteiger partial charge on any atom is 0.261 e. The lowest BCUT2D eigenvalue weighted by Crippen LogP contribution is -2.45. The summed E-state index contributed by atoms with van der Waals surface area (Å²) in [5.41, 5.74) is 9.37. The Morgan fingerprint density at radius 2 is 1.67 bits per heavy atom. The van der Waals surface area contributed by atoms with E-state index >= 15 is 0 Å². The highest BCUT2D eigenvalue weighted by molar-refractivity contribution is 8.01. The second kappa shape index (κ2) is 17.2. The van der Waals surface area contributed by atoms with Crippen LogP contribution in [0.15, 0.2) is 126 Å². The molecule has 1 aliphatic heterocycles. The zero-order valence-corrected chi connectivity index (χ0v) is 32.7.